The molecule has 0 atom stereocenters. The van der Waals surface area contributed by atoms with Gasteiger partial charge in [0, 0.05) is 11.1 Å². The maximum Gasteiger partial charge on any atom is 0.285 e. The first-order valence-corrected chi connectivity index (χ1v) is 8.24. The molecule has 0 bridgehead atoms. The van der Waals surface area contributed by atoms with Crippen LogP contribution >= 0.6 is 11.3 Å². The molecule has 1 aromatic carbocycles. The number of nitrogens with zero attached hydrogens (tertiary/aromatic N) is 3. The molecule has 0 amide bonds. The van der Waals surface area contributed by atoms with E-state index in [4.69, 9.17) is 0 Å². The van der Waals surface area contributed by atoms with Gasteiger partial charge in [-0.05, 0) is 29.5 Å². The summed E-state index contributed by atoms with van der Waals surface area (Å²) in [7, 11) is 0. The fourth-order valence-electron chi connectivity index (χ4n) is 2.59. The van der Waals surface area contributed by atoms with E-state index in [1.807, 2.05) is 18.2 Å². The van der Waals surface area contributed by atoms with Crippen LogP contribution in [0.2, 0.25) is 0 Å². The van der Waals surface area contributed by atoms with Gasteiger partial charge in [-0.25, -0.2) is 4.98 Å². The molecule has 4 rings (SSSR count). The van der Waals surface area contributed by atoms with Crippen LogP contribution in [0.3, 0.4) is 0 Å². The zero-order chi connectivity index (χ0) is 16.7. The van der Waals surface area contributed by atoms with Crippen molar-refractivity contribution in [2.45, 2.75) is 6.92 Å². The van der Waals surface area contributed by atoms with Gasteiger partial charge in [-0.15, -0.1) is 11.3 Å². The quantitative estimate of drug-likeness (QED) is 0.612. The third-order valence-corrected chi connectivity index (χ3v) is 4.81. The van der Waals surface area contributed by atoms with Crippen LogP contribution < -0.4 is 10.8 Å². The fraction of sp³-hybridized carbons (Fsp3) is 0.0556. The van der Waals surface area contributed by atoms with Crippen LogP contribution in [0.5, 0.6) is 0 Å². The summed E-state index contributed by atoms with van der Waals surface area (Å²) in [4.78, 5) is 17.6. The molecule has 0 aliphatic rings. The van der Waals surface area contributed by atoms with Crippen LogP contribution in [0.4, 0.5) is 0 Å². The van der Waals surface area contributed by atoms with E-state index in [9.17, 15) is 9.90 Å². The number of aromatic nitrogens is 3. The van der Waals surface area contributed by atoms with Crippen LogP contribution in [-0.4, -0.2) is 19.7 Å². The molecule has 0 saturated heterocycles. The third-order valence-electron chi connectivity index (χ3n) is 3.84. The van der Waals surface area contributed by atoms with E-state index in [-0.39, 0.29) is 16.5 Å². The zero-order valence-electron chi connectivity index (χ0n) is 12.8. The van der Waals surface area contributed by atoms with Crippen molar-refractivity contribution in [3.8, 4) is 21.6 Å². The molecule has 0 spiro atoms. The van der Waals surface area contributed by atoms with E-state index < -0.39 is 0 Å². The van der Waals surface area contributed by atoms with Gasteiger partial charge in [0.25, 0.3) is 5.56 Å². The minimum absolute atomic E-state index is 0.0612. The molecule has 4 aromatic rings. The summed E-state index contributed by atoms with van der Waals surface area (Å²) in [6, 6.07) is 12.2. The highest BCUT2D eigenvalue weighted by Gasteiger charge is 2.13. The van der Waals surface area contributed by atoms with Crippen molar-refractivity contribution < 1.29 is 5.11 Å². The first-order chi connectivity index (χ1) is 11.6. The maximum absolute atomic E-state index is 12.3. The Balaban J connectivity index is 1.87. The van der Waals surface area contributed by atoms with Gasteiger partial charge in [-0.3, -0.25) is 4.79 Å². The van der Waals surface area contributed by atoms with Crippen molar-refractivity contribution in [1.82, 2.24) is 14.6 Å². The van der Waals surface area contributed by atoms with Gasteiger partial charge in [0.1, 0.15) is 5.76 Å². The molecule has 0 unspecified atom stereocenters. The van der Waals surface area contributed by atoms with Crippen LogP contribution in [0.25, 0.3) is 33.0 Å². The van der Waals surface area contributed by atoms with E-state index >= 15 is 0 Å². The third kappa shape index (κ3) is 2.28. The summed E-state index contributed by atoms with van der Waals surface area (Å²) in [5, 5.41) is 15.9. The lowest BCUT2D eigenvalue weighted by atomic mass is 10.1. The average Bonchev–Trinajstić information content (AvgIpc) is 3.22. The molecule has 24 heavy (non-hydrogen) atoms. The van der Waals surface area contributed by atoms with Crippen LogP contribution in [0, 0.1) is 0 Å². The van der Waals surface area contributed by atoms with E-state index in [1.54, 1.807) is 17.5 Å². The largest absolute Gasteiger partial charge is 0.512 e. The lowest BCUT2D eigenvalue weighted by Gasteiger charge is -1.96. The van der Waals surface area contributed by atoms with E-state index in [0.717, 1.165) is 21.6 Å². The Bertz CT molecular complexity index is 1140. The standard InChI is InChI=1S/C18H13N3O2S/c1-11(22)14-8-19-17-15(9-20-21(17)18(14)23)16-7-13(10-24-16)12-5-3-2-4-6-12/h2-10,22H,1H3. The second kappa shape index (κ2) is 5.58. The Morgan fingerprint density at radius 3 is 2.71 bits per heavy atom. The minimum atomic E-state index is -0.369. The van der Waals surface area contributed by atoms with Gasteiger partial charge in [0.15, 0.2) is 5.65 Å². The fourth-order valence-corrected chi connectivity index (χ4v) is 3.52. The number of aliphatic hydroxyl groups excluding tert-OH is 1. The smallest absolute Gasteiger partial charge is 0.285 e. The van der Waals surface area contributed by atoms with Crippen molar-refractivity contribution in [2.24, 2.45) is 0 Å². The number of fused-ring (bicyclic) bond motifs is 1. The van der Waals surface area contributed by atoms with Crippen LogP contribution in [-0.2, 0) is 0 Å². The molecule has 118 valence electrons. The summed E-state index contributed by atoms with van der Waals surface area (Å²) in [6.45, 7) is 1.46. The highest BCUT2D eigenvalue weighted by Crippen LogP contribution is 2.33. The number of aliphatic hydroxyl groups is 1. The number of rotatable bonds is 2. The molecule has 1 N–H and O–H groups in total. The van der Waals surface area contributed by atoms with E-state index in [2.05, 4.69) is 33.7 Å². The van der Waals surface area contributed by atoms with Crippen LogP contribution in [0.15, 0.2) is 59.0 Å². The topological polar surface area (TPSA) is 67.5 Å². The van der Waals surface area contributed by atoms with Gasteiger partial charge in [-0.2, -0.15) is 9.61 Å². The molecule has 0 fully saturated rings. The Hall–Kier alpha value is -2.99. The Kier molecular flexibility index (Phi) is 3.39. The van der Waals surface area contributed by atoms with E-state index in [1.165, 1.54) is 17.6 Å². The Morgan fingerprint density at radius 2 is 1.96 bits per heavy atom. The number of hydrogen-bond acceptors (Lipinski definition) is 5. The van der Waals surface area contributed by atoms with Crippen molar-refractivity contribution in [1.29, 1.82) is 0 Å². The van der Waals surface area contributed by atoms with Crippen molar-refractivity contribution >= 4 is 22.7 Å². The molecule has 0 radical (unpaired) electrons. The SMILES string of the molecule is CC(O)=c1cnc2c(-c3cc(-c4ccccc4)cs3)cnn2c1=O. The first kappa shape index (κ1) is 14.6. The molecular formula is C18H13N3O2S. The zero-order valence-corrected chi connectivity index (χ0v) is 13.6. The van der Waals surface area contributed by atoms with Crippen LogP contribution in [0.1, 0.15) is 6.92 Å². The molecule has 0 aliphatic carbocycles. The summed E-state index contributed by atoms with van der Waals surface area (Å²) < 4.78 is 1.23. The second-order valence-corrected chi connectivity index (χ2v) is 6.33. The molecule has 0 saturated carbocycles. The predicted molar refractivity (Wildman–Crippen MR) is 94.9 cm³/mol. The molecule has 3 aromatic heterocycles. The predicted octanol–water partition coefficient (Wildman–Crippen LogP) is 2.89. The lowest BCUT2D eigenvalue weighted by Crippen LogP contribution is -2.33. The maximum atomic E-state index is 12.3. The molecule has 0 aliphatic heterocycles. The number of hydrogen-bond donors (Lipinski definition) is 1. The molecule has 6 heteroatoms. The normalized spacial score (nSPS) is 12.5. The van der Waals surface area contributed by atoms with Crippen molar-refractivity contribution in [2.75, 3.05) is 0 Å². The lowest BCUT2D eigenvalue weighted by molar-refractivity contribution is 0.497. The van der Waals surface area contributed by atoms with Gasteiger partial charge in [0.05, 0.1) is 17.0 Å². The number of thiophene rings is 1. The number of benzene rings is 1. The molecule has 3 heterocycles. The van der Waals surface area contributed by atoms with E-state index in [0.29, 0.717) is 5.65 Å². The van der Waals surface area contributed by atoms with Crippen molar-refractivity contribution in [3.63, 3.8) is 0 Å². The molecule has 5 nitrogen and oxygen atoms in total. The average molecular weight is 335 g/mol. The van der Waals surface area contributed by atoms with Gasteiger partial charge in [0.2, 0.25) is 0 Å². The Labute approximate surface area is 141 Å². The summed E-state index contributed by atoms with van der Waals surface area (Å²) in [5.41, 5.74) is 3.19. The van der Waals surface area contributed by atoms with Gasteiger partial charge < -0.3 is 5.11 Å². The van der Waals surface area contributed by atoms with Gasteiger partial charge in [-0.1, -0.05) is 30.3 Å². The highest BCUT2D eigenvalue weighted by molar-refractivity contribution is 7.14. The molecular weight excluding hydrogens is 322 g/mol. The summed E-state index contributed by atoms with van der Waals surface area (Å²) in [5.74, 6) is -0.0612. The van der Waals surface area contributed by atoms with Crippen molar-refractivity contribution in [3.05, 3.63) is 69.7 Å². The first-order valence-electron chi connectivity index (χ1n) is 7.36. The van der Waals surface area contributed by atoms with Gasteiger partial charge >= 0.3 is 0 Å². The monoisotopic (exact) mass is 335 g/mol. The summed E-state index contributed by atoms with van der Waals surface area (Å²) in [6.07, 6.45) is 3.03. The second-order valence-electron chi connectivity index (χ2n) is 5.42. The summed E-state index contributed by atoms with van der Waals surface area (Å²) >= 11 is 1.58. The minimum Gasteiger partial charge on any atom is -0.512 e. The Morgan fingerprint density at radius 1 is 1.17 bits per heavy atom. The highest BCUT2D eigenvalue weighted by atomic mass is 32.1.